The number of nitrogens with zero attached hydrogens (tertiary/aromatic N) is 5. The van der Waals surface area contributed by atoms with Gasteiger partial charge in [0.1, 0.15) is 5.75 Å². The van der Waals surface area contributed by atoms with Crippen molar-refractivity contribution in [2.24, 2.45) is 0 Å². The molecule has 2 N–H and O–H groups in total. The number of para-hydroxylation sites is 1. The van der Waals surface area contributed by atoms with Gasteiger partial charge in [0, 0.05) is 17.2 Å². The summed E-state index contributed by atoms with van der Waals surface area (Å²) >= 11 is 0. The highest BCUT2D eigenvalue weighted by molar-refractivity contribution is 6.05. The van der Waals surface area contributed by atoms with Crippen molar-refractivity contribution in [3.8, 4) is 34.2 Å². The third-order valence-corrected chi connectivity index (χ3v) is 5.36. The van der Waals surface area contributed by atoms with Crippen LogP contribution in [0.3, 0.4) is 0 Å². The summed E-state index contributed by atoms with van der Waals surface area (Å²) < 4.78 is 6.88. The third kappa shape index (κ3) is 4.02. The molecule has 0 aliphatic carbocycles. The Balaban J connectivity index is 1.42. The Morgan fingerprint density at radius 3 is 2.62 bits per heavy atom. The number of aromatic amines is 1. The quantitative estimate of drug-likeness (QED) is 0.398. The predicted molar refractivity (Wildman–Crippen MR) is 128 cm³/mol. The molecule has 0 unspecified atom stereocenters. The summed E-state index contributed by atoms with van der Waals surface area (Å²) in [6, 6.07) is 24.5. The minimum atomic E-state index is -0.373. The average Bonchev–Trinajstić information content (AvgIpc) is 3.52. The van der Waals surface area contributed by atoms with Crippen molar-refractivity contribution < 1.29 is 9.53 Å². The molecule has 168 valence electrons. The molecule has 0 radical (unpaired) electrons. The van der Waals surface area contributed by atoms with Gasteiger partial charge in [-0.2, -0.15) is 5.10 Å². The van der Waals surface area contributed by atoms with Crippen LogP contribution >= 0.6 is 0 Å². The Morgan fingerprint density at radius 2 is 1.79 bits per heavy atom. The van der Waals surface area contributed by atoms with Crippen molar-refractivity contribution >= 4 is 11.6 Å². The maximum absolute atomic E-state index is 13.1. The lowest BCUT2D eigenvalue weighted by Gasteiger charge is -2.09. The molecule has 0 atom stereocenters. The lowest BCUT2D eigenvalue weighted by molar-refractivity contribution is 0.102. The van der Waals surface area contributed by atoms with Crippen molar-refractivity contribution in [2.45, 2.75) is 6.92 Å². The summed E-state index contributed by atoms with van der Waals surface area (Å²) in [7, 11) is 1.60. The Kier molecular flexibility index (Phi) is 5.57. The molecular weight excluding hydrogens is 430 g/mol. The molecule has 5 rings (SSSR count). The molecule has 0 fully saturated rings. The highest BCUT2D eigenvalue weighted by Gasteiger charge is 2.20. The number of benzene rings is 3. The number of nitrogens with one attached hydrogen (secondary N) is 2. The van der Waals surface area contributed by atoms with Gasteiger partial charge in [-0.1, -0.05) is 53.7 Å². The second-order valence-electron chi connectivity index (χ2n) is 7.51. The van der Waals surface area contributed by atoms with Gasteiger partial charge < -0.3 is 10.1 Å². The second kappa shape index (κ2) is 8.99. The molecule has 3 aromatic carbocycles. The number of anilines is 1. The summed E-state index contributed by atoms with van der Waals surface area (Å²) in [4.78, 5) is 17.7. The lowest BCUT2D eigenvalue weighted by atomic mass is 10.1. The van der Waals surface area contributed by atoms with E-state index in [0.29, 0.717) is 34.3 Å². The summed E-state index contributed by atoms with van der Waals surface area (Å²) in [6.07, 6.45) is 0. The summed E-state index contributed by atoms with van der Waals surface area (Å²) in [5.74, 6) is 1.44. The van der Waals surface area contributed by atoms with E-state index in [9.17, 15) is 4.79 Å². The smallest absolute Gasteiger partial charge is 0.278 e. The molecule has 9 heteroatoms. The van der Waals surface area contributed by atoms with Crippen LogP contribution in [0.1, 0.15) is 16.2 Å². The molecule has 0 aliphatic heterocycles. The number of carbonyl (C=O) groups is 1. The van der Waals surface area contributed by atoms with E-state index in [1.807, 2.05) is 72.8 Å². The number of hydrogen-bond acceptors (Lipinski definition) is 6. The highest BCUT2D eigenvalue weighted by Crippen LogP contribution is 2.27. The number of rotatable bonds is 6. The minimum Gasteiger partial charge on any atom is -0.497 e. The fourth-order valence-corrected chi connectivity index (χ4v) is 3.61. The monoisotopic (exact) mass is 451 g/mol. The Labute approximate surface area is 195 Å². The van der Waals surface area contributed by atoms with E-state index in [2.05, 4.69) is 30.8 Å². The molecule has 2 aromatic heterocycles. The van der Waals surface area contributed by atoms with Gasteiger partial charge in [0.15, 0.2) is 17.3 Å². The topological polar surface area (TPSA) is 111 Å². The second-order valence-corrected chi connectivity index (χ2v) is 7.51. The summed E-state index contributed by atoms with van der Waals surface area (Å²) in [5.41, 5.74) is 3.77. The van der Waals surface area contributed by atoms with E-state index in [1.54, 1.807) is 24.8 Å². The number of hydrogen-bond donors (Lipinski definition) is 2. The Bertz CT molecular complexity index is 1460. The molecule has 0 saturated heterocycles. The first-order chi connectivity index (χ1) is 16.6. The van der Waals surface area contributed by atoms with Crippen molar-refractivity contribution in [3.63, 3.8) is 0 Å². The van der Waals surface area contributed by atoms with Crippen LogP contribution in [0.4, 0.5) is 5.69 Å². The van der Waals surface area contributed by atoms with Crippen LogP contribution in [-0.2, 0) is 0 Å². The van der Waals surface area contributed by atoms with Crippen molar-refractivity contribution in [2.75, 3.05) is 12.4 Å². The summed E-state index contributed by atoms with van der Waals surface area (Å²) in [6.45, 7) is 1.79. The van der Waals surface area contributed by atoms with Gasteiger partial charge in [0.2, 0.25) is 0 Å². The number of H-pyrrole nitrogens is 1. The van der Waals surface area contributed by atoms with Gasteiger partial charge >= 0.3 is 0 Å². The molecule has 0 spiro atoms. The Hall–Kier alpha value is -4.79. The normalized spacial score (nSPS) is 10.8. The van der Waals surface area contributed by atoms with E-state index < -0.39 is 0 Å². The zero-order chi connectivity index (χ0) is 23.5. The molecule has 34 heavy (non-hydrogen) atoms. The van der Waals surface area contributed by atoms with Gasteiger partial charge in [0.25, 0.3) is 5.91 Å². The van der Waals surface area contributed by atoms with Crippen molar-refractivity contribution in [1.82, 2.24) is 30.2 Å². The minimum absolute atomic E-state index is 0.222. The van der Waals surface area contributed by atoms with E-state index >= 15 is 0 Å². The van der Waals surface area contributed by atoms with Crippen molar-refractivity contribution in [3.05, 3.63) is 90.3 Å². The van der Waals surface area contributed by atoms with Gasteiger partial charge in [0.05, 0.1) is 24.2 Å². The fraction of sp³-hybridized carbons (Fsp3) is 0.0800. The number of aromatic nitrogens is 6. The van der Waals surface area contributed by atoms with Crippen LogP contribution in [-0.4, -0.2) is 43.2 Å². The Morgan fingerprint density at radius 1 is 1.00 bits per heavy atom. The molecular formula is C25H21N7O2. The van der Waals surface area contributed by atoms with Gasteiger partial charge in [-0.05, 0) is 31.2 Å². The van der Waals surface area contributed by atoms with Gasteiger partial charge in [-0.15, -0.1) is 5.10 Å². The molecule has 1 amide bonds. The zero-order valence-corrected chi connectivity index (χ0v) is 18.6. The predicted octanol–water partition coefficient (Wildman–Crippen LogP) is 4.29. The highest BCUT2D eigenvalue weighted by atomic mass is 16.5. The van der Waals surface area contributed by atoms with E-state index in [-0.39, 0.29) is 11.6 Å². The van der Waals surface area contributed by atoms with Crippen LogP contribution in [0, 0.1) is 6.92 Å². The van der Waals surface area contributed by atoms with E-state index in [1.165, 1.54) is 0 Å². The number of amides is 1. The molecule has 5 aromatic rings. The van der Waals surface area contributed by atoms with Crippen LogP contribution in [0.2, 0.25) is 0 Å². The largest absolute Gasteiger partial charge is 0.497 e. The zero-order valence-electron chi connectivity index (χ0n) is 18.6. The SMILES string of the molecule is COc1cccc(-n2nnc(C(=O)Nc3ccccc3-c3nc(-c4ccccc4)n[nH]3)c2C)c1. The summed E-state index contributed by atoms with van der Waals surface area (Å²) in [5, 5.41) is 18.5. The average molecular weight is 451 g/mol. The standard InChI is InChI=1S/C25H21N7O2/c1-16-22(28-31-32(16)18-11-8-12-19(15-18)34-2)25(33)26-21-14-7-6-13-20(21)24-27-23(29-30-24)17-9-4-3-5-10-17/h3-15H,1-2H3,(H,26,33)(H,27,29,30). The van der Waals surface area contributed by atoms with Crippen LogP contribution in [0.15, 0.2) is 78.9 Å². The first kappa shape index (κ1) is 21.1. The first-order valence-corrected chi connectivity index (χ1v) is 10.6. The van der Waals surface area contributed by atoms with Crippen molar-refractivity contribution in [1.29, 1.82) is 0 Å². The van der Waals surface area contributed by atoms with Crippen LogP contribution in [0.25, 0.3) is 28.5 Å². The van der Waals surface area contributed by atoms with Crippen LogP contribution < -0.4 is 10.1 Å². The first-order valence-electron chi connectivity index (χ1n) is 10.6. The van der Waals surface area contributed by atoms with Crippen LogP contribution in [0.5, 0.6) is 5.75 Å². The maximum Gasteiger partial charge on any atom is 0.278 e. The molecule has 2 heterocycles. The fourth-order valence-electron chi connectivity index (χ4n) is 3.61. The van der Waals surface area contributed by atoms with Gasteiger partial charge in [-0.25, -0.2) is 9.67 Å². The molecule has 9 nitrogen and oxygen atoms in total. The number of methoxy groups -OCH3 is 1. The van der Waals surface area contributed by atoms with Gasteiger partial charge in [-0.3, -0.25) is 9.89 Å². The maximum atomic E-state index is 13.1. The lowest BCUT2D eigenvalue weighted by Crippen LogP contribution is -2.15. The molecule has 0 aliphatic rings. The number of ether oxygens (including phenoxy) is 1. The molecule has 0 bridgehead atoms. The van der Waals surface area contributed by atoms with E-state index in [4.69, 9.17) is 4.74 Å². The van der Waals surface area contributed by atoms with E-state index in [0.717, 1.165) is 11.3 Å². The third-order valence-electron chi connectivity index (χ3n) is 5.36. The number of carbonyl (C=O) groups excluding carboxylic acids is 1. The molecule has 0 saturated carbocycles.